The maximum atomic E-state index is 7.56. The monoisotopic (exact) mass is 331 g/mol. The third kappa shape index (κ3) is 2.36. The molecule has 3 heterocycles. The van der Waals surface area contributed by atoms with Crippen molar-refractivity contribution >= 4 is 28.0 Å². The smallest absolute Gasteiger partial charge is 0.160 e. The lowest BCUT2D eigenvalue weighted by Gasteiger charge is -2.05. The number of hydrogen-bond donors (Lipinski definition) is 3. The van der Waals surface area contributed by atoms with E-state index in [9.17, 15) is 0 Å². The number of amidine groups is 1. The predicted molar refractivity (Wildman–Crippen MR) is 95.7 cm³/mol. The molecular formula is C18H17N7. The molecule has 0 spiro atoms. The third-order valence-corrected chi connectivity index (χ3v) is 4.60. The minimum absolute atomic E-state index is 0.0552. The summed E-state index contributed by atoms with van der Waals surface area (Å²) < 4.78 is 2.25. The SMILES string of the molecule is N=C(N)c1ccc2nc(Cc3nc4cccnc4n3C3CC3)[nH]c2c1. The molecule has 1 aliphatic rings. The maximum absolute atomic E-state index is 7.56. The molecule has 0 bridgehead atoms. The summed E-state index contributed by atoms with van der Waals surface area (Å²) in [7, 11) is 0. The van der Waals surface area contributed by atoms with Crippen LogP contribution in [0, 0.1) is 5.41 Å². The van der Waals surface area contributed by atoms with Crippen molar-refractivity contribution in [3.63, 3.8) is 0 Å². The number of nitrogen functional groups attached to an aromatic ring is 1. The van der Waals surface area contributed by atoms with Crippen molar-refractivity contribution in [3.8, 4) is 0 Å². The fourth-order valence-corrected chi connectivity index (χ4v) is 3.28. The van der Waals surface area contributed by atoms with Gasteiger partial charge in [-0.3, -0.25) is 5.41 Å². The van der Waals surface area contributed by atoms with Gasteiger partial charge in [0.25, 0.3) is 0 Å². The molecule has 0 unspecified atom stereocenters. The first kappa shape index (κ1) is 14.2. The normalized spacial score (nSPS) is 14.4. The van der Waals surface area contributed by atoms with Gasteiger partial charge in [0.2, 0.25) is 0 Å². The van der Waals surface area contributed by atoms with Gasteiger partial charge in [-0.25, -0.2) is 15.0 Å². The Morgan fingerprint density at radius 2 is 2.12 bits per heavy atom. The molecule has 1 fully saturated rings. The Morgan fingerprint density at radius 3 is 2.92 bits per heavy atom. The van der Waals surface area contributed by atoms with Gasteiger partial charge in [-0.05, 0) is 43.2 Å². The third-order valence-electron chi connectivity index (χ3n) is 4.60. The van der Waals surface area contributed by atoms with Crippen LogP contribution in [0.4, 0.5) is 0 Å². The molecule has 0 atom stereocenters. The zero-order valence-electron chi connectivity index (χ0n) is 13.5. The lowest BCUT2D eigenvalue weighted by Crippen LogP contribution is -2.10. The zero-order valence-corrected chi connectivity index (χ0v) is 13.5. The van der Waals surface area contributed by atoms with Crippen LogP contribution in [0.25, 0.3) is 22.2 Å². The number of rotatable bonds is 4. The largest absolute Gasteiger partial charge is 0.384 e. The standard InChI is InChI=1S/C18H17N7/c19-17(20)10-3-6-12-14(8-10)23-15(22-12)9-16-24-13-2-1-7-21-18(13)25(16)11-4-5-11/h1-3,6-8,11H,4-5,9H2,(H3,19,20)(H,22,23). The first-order chi connectivity index (χ1) is 12.2. The summed E-state index contributed by atoms with van der Waals surface area (Å²) in [5.41, 5.74) is 9.89. The lowest BCUT2D eigenvalue weighted by molar-refractivity contribution is 0.702. The number of pyridine rings is 1. The Kier molecular flexibility index (Phi) is 2.91. The average molecular weight is 331 g/mol. The molecule has 1 aromatic carbocycles. The molecule has 1 aliphatic carbocycles. The molecule has 0 radical (unpaired) electrons. The van der Waals surface area contributed by atoms with Crippen molar-refractivity contribution in [2.45, 2.75) is 25.3 Å². The van der Waals surface area contributed by atoms with Crippen molar-refractivity contribution in [2.24, 2.45) is 5.73 Å². The summed E-state index contributed by atoms with van der Waals surface area (Å²) >= 11 is 0. The van der Waals surface area contributed by atoms with Gasteiger partial charge in [0, 0.05) is 17.8 Å². The van der Waals surface area contributed by atoms with Crippen LogP contribution in [-0.4, -0.2) is 30.3 Å². The summed E-state index contributed by atoms with van der Waals surface area (Å²) in [6.07, 6.45) is 4.79. The van der Waals surface area contributed by atoms with Gasteiger partial charge >= 0.3 is 0 Å². The second-order valence-corrected chi connectivity index (χ2v) is 6.48. The van der Waals surface area contributed by atoms with Gasteiger partial charge in [-0.15, -0.1) is 0 Å². The van der Waals surface area contributed by atoms with Crippen molar-refractivity contribution < 1.29 is 0 Å². The predicted octanol–water partition coefficient (Wildman–Crippen LogP) is 2.52. The van der Waals surface area contributed by atoms with Crippen LogP contribution in [0.15, 0.2) is 36.5 Å². The summed E-state index contributed by atoms with van der Waals surface area (Å²) in [6.45, 7) is 0. The van der Waals surface area contributed by atoms with E-state index in [-0.39, 0.29) is 5.84 Å². The number of nitrogens with two attached hydrogens (primary N) is 1. The van der Waals surface area contributed by atoms with E-state index in [4.69, 9.17) is 16.1 Å². The van der Waals surface area contributed by atoms with E-state index >= 15 is 0 Å². The van der Waals surface area contributed by atoms with Gasteiger partial charge in [-0.2, -0.15) is 0 Å². The van der Waals surface area contributed by atoms with Crippen LogP contribution in [0.2, 0.25) is 0 Å². The molecule has 7 heteroatoms. The van der Waals surface area contributed by atoms with Gasteiger partial charge in [-0.1, -0.05) is 0 Å². The number of nitrogens with one attached hydrogen (secondary N) is 2. The van der Waals surface area contributed by atoms with Crippen LogP contribution in [0.3, 0.4) is 0 Å². The number of hydrogen-bond acceptors (Lipinski definition) is 4. The van der Waals surface area contributed by atoms with E-state index in [1.807, 2.05) is 36.5 Å². The number of aromatic nitrogens is 5. The zero-order chi connectivity index (χ0) is 17.0. The highest BCUT2D eigenvalue weighted by atomic mass is 15.2. The van der Waals surface area contributed by atoms with E-state index in [0.29, 0.717) is 18.0 Å². The van der Waals surface area contributed by atoms with E-state index in [1.165, 1.54) is 12.8 Å². The van der Waals surface area contributed by atoms with Gasteiger partial charge in [0.05, 0.1) is 17.5 Å². The average Bonchev–Trinajstić information content (AvgIpc) is 3.25. The van der Waals surface area contributed by atoms with Gasteiger partial charge in [0.1, 0.15) is 23.0 Å². The summed E-state index contributed by atoms with van der Waals surface area (Å²) in [5, 5.41) is 7.56. The summed E-state index contributed by atoms with van der Waals surface area (Å²) in [5.74, 6) is 1.90. The fraction of sp³-hybridized carbons (Fsp3) is 0.222. The molecule has 0 saturated heterocycles. The first-order valence-electron chi connectivity index (χ1n) is 8.34. The highest BCUT2D eigenvalue weighted by Crippen LogP contribution is 2.38. The van der Waals surface area contributed by atoms with Crippen LogP contribution in [0.1, 0.15) is 36.1 Å². The molecular weight excluding hydrogens is 314 g/mol. The highest BCUT2D eigenvalue weighted by molar-refractivity contribution is 5.97. The lowest BCUT2D eigenvalue weighted by atomic mass is 10.2. The molecule has 0 amide bonds. The number of benzene rings is 1. The van der Waals surface area contributed by atoms with Gasteiger partial charge < -0.3 is 15.3 Å². The van der Waals surface area contributed by atoms with Crippen molar-refractivity contribution in [2.75, 3.05) is 0 Å². The molecule has 1 saturated carbocycles. The van der Waals surface area contributed by atoms with E-state index in [1.54, 1.807) is 0 Å². The molecule has 25 heavy (non-hydrogen) atoms. The maximum Gasteiger partial charge on any atom is 0.160 e. The van der Waals surface area contributed by atoms with E-state index < -0.39 is 0 Å². The number of fused-ring (bicyclic) bond motifs is 2. The Hall–Kier alpha value is -3.22. The van der Waals surface area contributed by atoms with Crippen LogP contribution < -0.4 is 5.73 Å². The molecule has 3 aromatic heterocycles. The first-order valence-corrected chi connectivity index (χ1v) is 8.34. The molecule has 7 nitrogen and oxygen atoms in total. The Labute approximate surface area is 143 Å². The number of imidazole rings is 2. The quantitative estimate of drug-likeness (QED) is 0.394. The number of aromatic amines is 1. The van der Waals surface area contributed by atoms with E-state index in [2.05, 4.69) is 19.5 Å². The summed E-state index contributed by atoms with van der Waals surface area (Å²) in [4.78, 5) is 17.3. The second kappa shape index (κ2) is 5.14. The minimum Gasteiger partial charge on any atom is -0.384 e. The minimum atomic E-state index is 0.0552. The molecule has 4 N–H and O–H groups in total. The van der Waals surface area contributed by atoms with Crippen LogP contribution in [-0.2, 0) is 6.42 Å². The van der Waals surface area contributed by atoms with Crippen LogP contribution >= 0.6 is 0 Å². The Morgan fingerprint density at radius 1 is 1.24 bits per heavy atom. The Balaban J connectivity index is 1.57. The number of H-pyrrole nitrogens is 1. The molecule has 4 aromatic rings. The fourth-order valence-electron chi connectivity index (χ4n) is 3.28. The second-order valence-electron chi connectivity index (χ2n) is 6.48. The molecule has 124 valence electrons. The summed E-state index contributed by atoms with van der Waals surface area (Å²) in [6, 6.07) is 9.99. The van der Waals surface area contributed by atoms with Crippen LogP contribution in [0.5, 0.6) is 0 Å². The number of nitrogens with zero attached hydrogens (tertiary/aromatic N) is 4. The Bertz CT molecular complexity index is 1120. The molecule has 5 rings (SSSR count). The van der Waals surface area contributed by atoms with Crippen molar-refractivity contribution in [3.05, 3.63) is 53.7 Å². The van der Waals surface area contributed by atoms with E-state index in [0.717, 1.165) is 33.8 Å². The topological polar surface area (TPSA) is 109 Å². The van der Waals surface area contributed by atoms with Gasteiger partial charge in [0.15, 0.2) is 5.65 Å². The molecule has 0 aliphatic heterocycles. The van der Waals surface area contributed by atoms with Crippen molar-refractivity contribution in [1.82, 2.24) is 24.5 Å². The van der Waals surface area contributed by atoms with Crippen molar-refractivity contribution in [1.29, 1.82) is 5.41 Å². The highest BCUT2D eigenvalue weighted by Gasteiger charge is 2.29.